The average molecular weight is 476 g/mol. The number of nitrogens with zero attached hydrogens (tertiary/aromatic N) is 4. The Balaban J connectivity index is 1.52. The third-order valence-corrected chi connectivity index (χ3v) is 7.51. The number of hydrogen-bond donors (Lipinski definition) is 1. The highest BCUT2D eigenvalue weighted by Gasteiger charge is 2.30. The van der Waals surface area contributed by atoms with Gasteiger partial charge in [0.25, 0.3) is 0 Å². The van der Waals surface area contributed by atoms with Gasteiger partial charge >= 0.3 is 0 Å². The van der Waals surface area contributed by atoms with Gasteiger partial charge in [-0.05, 0) is 36.8 Å². The van der Waals surface area contributed by atoms with E-state index in [1.165, 1.54) is 0 Å². The SMILES string of the molecule is COC(c1ccccc1)c1nc(Nc2ccc(-n3ccnc3C)cc2)nc2c1CS(=O)(=O)CC2. The van der Waals surface area contributed by atoms with Crippen molar-refractivity contribution in [2.75, 3.05) is 18.2 Å². The van der Waals surface area contributed by atoms with Crippen LogP contribution in [0.2, 0.25) is 0 Å². The first-order valence-corrected chi connectivity index (χ1v) is 12.8. The van der Waals surface area contributed by atoms with Crippen molar-refractivity contribution >= 4 is 21.5 Å². The number of aromatic nitrogens is 4. The number of ether oxygens (including phenoxy) is 1. The minimum absolute atomic E-state index is 0.0798. The first-order chi connectivity index (χ1) is 16.4. The number of imidazole rings is 1. The second kappa shape index (κ2) is 9.00. The molecule has 0 aliphatic carbocycles. The predicted molar refractivity (Wildman–Crippen MR) is 130 cm³/mol. The summed E-state index contributed by atoms with van der Waals surface area (Å²) in [5, 5.41) is 3.28. The van der Waals surface area contributed by atoms with Crippen LogP contribution in [0.15, 0.2) is 67.0 Å². The Labute approximate surface area is 198 Å². The molecular formula is C25H25N5O3S. The van der Waals surface area contributed by atoms with Gasteiger partial charge < -0.3 is 14.6 Å². The fourth-order valence-electron chi connectivity index (χ4n) is 4.25. The van der Waals surface area contributed by atoms with Crippen molar-refractivity contribution in [3.8, 4) is 5.69 Å². The number of hydrogen-bond acceptors (Lipinski definition) is 7. The first-order valence-electron chi connectivity index (χ1n) is 11.0. The van der Waals surface area contributed by atoms with Gasteiger partial charge in [-0.2, -0.15) is 0 Å². The van der Waals surface area contributed by atoms with Gasteiger partial charge in [0.2, 0.25) is 5.95 Å². The van der Waals surface area contributed by atoms with Gasteiger partial charge in [-0.25, -0.2) is 23.4 Å². The maximum atomic E-state index is 12.4. The number of sulfone groups is 1. The number of fused-ring (bicyclic) bond motifs is 1. The summed E-state index contributed by atoms with van der Waals surface area (Å²) >= 11 is 0. The van der Waals surface area contributed by atoms with Gasteiger partial charge in [0.15, 0.2) is 9.84 Å². The minimum atomic E-state index is -3.21. The van der Waals surface area contributed by atoms with Gasteiger partial charge in [-0.15, -0.1) is 0 Å². The van der Waals surface area contributed by atoms with Crippen LogP contribution >= 0.6 is 0 Å². The second-order valence-electron chi connectivity index (χ2n) is 8.24. The zero-order chi connectivity index (χ0) is 23.7. The molecule has 0 bridgehead atoms. The molecule has 34 heavy (non-hydrogen) atoms. The molecule has 0 spiro atoms. The molecule has 1 N–H and O–H groups in total. The zero-order valence-corrected chi connectivity index (χ0v) is 19.8. The molecule has 8 nitrogen and oxygen atoms in total. The quantitative estimate of drug-likeness (QED) is 0.451. The molecule has 1 atom stereocenters. The molecule has 1 aliphatic rings. The smallest absolute Gasteiger partial charge is 0.227 e. The van der Waals surface area contributed by atoms with Gasteiger partial charge in [0.05, 0.1) is 22.9 Å². The van der Waals surface area contributed by atoms with Crippen molar-refractivity contribution in [3.05, 3.63) is 95.3 Å². The fraction of sp³-hybridized carbons (Fsp3) is 0.240. The summed E-state index contributed by atoms with van der Waals surface area (Å²) in [6.07, 6.45) is 3.53. The Morgan fingerprint density at radius 1 is 1.06 bits per heavy atom. The van der Waals surface area contributed by atoms with E-state index in [-0.39, 0.29) is 11.5 Å². The number of rotatable bonds is 6. The lowest BCUT2D eigenvalue weighted by atomic mass is 10.0. The van der Waals surface area contributed by atoms with Crippen LogP contribution in [-0.2, 0) is 26.7 Å². The second-order valence-corrected chi connectivity index (χ2v) is 10.4. The molecule has 5 rings (SSSR count). The molecular weight excluding hydrogens is 450 g/mol. The molecule has 0 fully saturated rings. The van der Waals surface area contributed by atoms with Crippen molar-refractivity contribution in [1.82, 2.24) is 19.5 Å². The topological polar surface area (TPSA) is 99.0 Å². The highest BCUT2D eigenvalue weighted by Crippen LogP contribution is 2.33. The normalized spacial score (nSPS) is 15.5. The van der Waals surface area contributed by atoms with E-state index in [4.69, 9.17) is 9.72 Å². The summed E-state index contributed by atoms with van der Waals surface area (Å²) < 4.78 is 32.7. The van der Waals surface area contributed by atoms with Crippen molar-refractivity contribution in [3.63, 3.8) is 0 Å². The van der Waals surface area contributed by atoms with E-state index < -0.39 is 15.9 Å². The molecule has 3 heterocycles. The molecule has 1 unspecified atom stereocenters. The summed E-state index contributed by atoms with van der Waals surface area (Å²) in [7, 11) is -1.60. The van der Waals surface area contributed by atoms with Crippen LogP contribution in [-0.4, -0.2) is 40.8 Å². The van der Waals surface area contributed by atoms with E-state index in [0.29, 0.717) is 23.6 Å². The summed E-state index contributed by atoms with van der Waals surface area (Å²) in [6.45, 7) is 1.95. The van der Waals surface area contributed by atoms with Gasteiger partial charge in [-0.1, -0.05) is 30.3 Å². The number of nitrogens with one attached hydrogen (secondary N) is 1. The maximum Gasteiger partial charge on any atom is 0.227 e. The van der Waals surface area contributed by atoms with Crippen LogP contribution in [0, 0.1) is 6.92 Å². The molecule has 0 amide bonds. The Hall–Kier alpha value is -3.56. The van der Waals surface area contributed by atoms with E-state index in [0.717, 1.165) is 28.5 Å². The van der Waals surface area contributed by atoms with Gasteiger partial charge in [-0.3, -0.25) is 0 Å². The van der Waals surface area contributed by atoms with E-state index in [2.05, 4.69) is 15.3 Å². The third kappa shape index (κ3) is 4.44. The van der Waals surface area contributed by atoms with E-state index in [1.807, 2.05) is 72.3 Å². The summed E-state index contributed by atoms with van der Waals surface area (Å²) in [6, 6.07) is 17.6. The zero-order valence-electron chi connectivity index (χ0n) is 19.0. The predicted octanol–water partition coefficient (Wildman–Crippen LogP) is 3.92. The molecule has 174 valence electrons. The number of anilines is 2. The highest BCUT2D eigenvalue weighted by molar-refractivity contribution is 7.90. The maximum absolute atomic E-state index is 12.4. The molecule has 2 aromatic carbocycles. The highest BCUT2D eigenvalue weighted by atomic mass is 32.2. The van der Waals surface area contributed by atoms with Crippen molar-refractivity contribution in [2.45, 2.75) is 25.2 Å². The summed E-state index contributed by atoms with van der Waals surface area (Å²) in [4.78, 5) is 13.7. The monoisotopic (exact) mass is 475 g/mol. The molecule has 0 saturated heterocycles. The van der Waals surface area contributed by atoms with Crippen LogP contribution in [0.4, 0.5) is 11.6 Å². The van der Waals surface area contributed by atoms with E-state index >= 15 is 0 Å². The standard InChI is InChI=1S/C25H25N5O3S/c1-17-26-13-14-30(17)20-10-8-19(9-11-20)27-25-28-22-12-15-34(31,32)16-21(22)23(29-25)24(33-2)18-6-4-3-5-7-18/h3-11,13-14,24H,12,15-16H2,1-2H3,(H,27,28,29). The van der Waals surface area contributed by atoms with Crippen LogP contribution in [0.5, 0.6) is 0 Å². The Bertz CT molecular complexity index is 1420. The molecule has 0 saturated carbocycles. The largest absolute Gasteiger partial charge is 0.370 e. The third-order valence-electron chi connectivity index (χ3n) is 5.95. The first kappa shape index (κ1) is 22.2. The Morgan fingerprint density at radius 3 is 2.50 bits per heavy atom. The Kier molecular flexibility index (Phi) is 5.89. The van der Waals surface area contributed by atoms with E-state index in [1.54, 1.807) is 13.3 Å². The molecule has 2 aromatic heterocycles. The minimum Gasteiger partial charge on any atom is -0.370 e. The molecule has 9 heteroatoms. The van der Waals surface area contributed by atoms with Crippen molar-refractivity contribution < 1.29 is 13.2 Å². The fourth-order valence-corrected chi connectivity index (χ4v) is 5.65. The summed E-state index contributed by atoms with van der Waals surface area (Å²) in [5.74, 6) is 1.32. The lowest BCUT2D eigenvalue weighted by molar-refractivity contribution is 0.132. The lowest BCUT2D eigenvalue weighted by Gasteiger charge is -2.24. The van der Waals surface area contributed by atoms with Gasteiger partial charge in [0.1, 0.15) is 11.9 Å². The number of aryl methyl sites for hydroxylation is 2. The van der Waals surface area contributed by atoms with Crippen molar-refractivity contribution in [1.29, 1.82) is 0 Å². The summed E-state index contributed by atoms with van der Waals surface area (Å²) in [5.41, 5.74) is 4.69. The van der Waals surface area contributed by atoms with E-state index in [9.17, 15) is 8.42 Å². The number of benzene rings is 2. The van der Waals surface area contributed by atoms with Crippen molar-refractivity contribution in [2.24, 2.45) is 0 Å². The molecule has 1 aliphatic heterocycles. The Morgan fingerprint density at radius 2 is 1.82 bits per heavy atom. The lowest BCUT2D eigenvalue weighted by Crippen LogP contribution is -2.24. The molecule has 4 aromatic rings. The van der Waals surface area contributed by atoms with Crippen LogP contribution in [0.1, 0.15) is 34.4 Å². The van der Waals surface area contributed by atoms with Crippen LogP contribution in [0.3, 0.4) is 0 Å². The van der Waals surface area contributed by atoms with Gasteiger partial charge in [0, 0.05) is 42.9 Å². The van der Waals surface area contributed by atoms with Crippen LogP contribution in [0.25, 0.3) is 5.69 Å². The van der Waals surface area contributed by atoms with Crippen LogP contribution < -0.4 is 5.32 Å². The molecule has 0 radical (unpaired) electrons. The average Bonchev–Trinajstić information content (AvgIpc) is 3.26. The number of methoxy groups -OCH3 is 1.